The zero-order valence-electron chi connectivity index (χ0n) is 11.1. The van der Waals surface area contributed by atoms with Crippen molar-refractivity contribution in [1.82, 2.24) is 4.90 Å². The van der Waals surface area contributed by atoms with Gasteiger partial charge in [0.2, 0.25) is 0 Å². The first-order valence-electron chi connectivity index (χ1n) is 6.15. The third kappa shape index (κ3) is 2.28. The normalized spacial score (nSPS) is 19.9. The third-order valence-corrected chi connectivity index (χ3v) is 3.21. The van der Waals surface area contributed by atoms with Gasteiger partial charge in [0.15, 0.2) is 5.96 Å². The van der Waals surface area contributed by atoms with Crippen LogP contribution in [0.1, 0.15) is 36.6 Å². The van der Waals surface area contributed by atoms with E-state index in [2.05, 4.69) is 55.8 Å². The summed E-state index contributed by atoms with van der Waals surface area (Å²) in [6.07, 6.45) is 0. The molecule has 17 heavy (non-hydrogen) atoms. The molecule has 1 unspecified atom stereocenters. The first kappa shape index (κ1) is 12.0. The fourth-order valence-corrected chi connectivity index (χ4v) is 2.60. The molecule has 0 amide bonds. The van der Waals surface area contributed by atoms with E-state index in [9.17, 15) is 0 Å². The molecule has 1 aromatic carbocycles. The molecule has 1 aliphatic heterocycles. The van der Waals surface area contributed by atoms with E-state index in [4.69, 9.17) is 5.73 Å². The van der Waals surface area contributed by atoms with E-state index in [0.29, 0.717) is 18.0 Å². The Hall–Kier alpha value is -1.51. The van der Waals surface area contributed by atoms with E-state index in [-0.39, 0.29) is 0 Å². The topological polar surface area (TPSA) is 41.6 Å². The second kappa shape index (κ2) is 4.40. The van der Waals surface area contributed by atoms with Crippen LogP contribution < -0.4 is 5.73 Å². The Morgan fingerprint density at radius 2 is 1.82 bits per heavy atom. The number of aliphatic imine (C=N–C) groups is 1. The van der Waals surface area contributed by atoms with Gasteiger partial charge in [-0.25, -0.2) is 0 Å². The molecule has 1 aromatic rings. The number of hydrogen-bond donors (Lipinski definition) is 1. The van der Waals surface area contributed by atoms with Crippen molar-refractivity contribution >= 4 is 5.96 Å². The Morgan fingerprint density at radius 3 is 2.35 bits per heavy atom. The highest BCUT2D eigenvalue weighted by Crippen LogP contribution is 2.28. The maximum Gasteiger partial charge on any atom is 0.192 e. The lowest BCUT2D eigenvalue weighted by Gasteiger charge is -2.30. The molecule has 1 heterocycles. The molecular formula is C14H21N3. The fraction of sp³-hybridized carbons (Fsp3) is 0.500. The molecule has 3 nitrogen and oxygen atoms in total. The molecule has 0 aliphatic carbocycles. The molecule has 1 atom stereocenters. The maximum atomic E-state index is 5.96. The number of nitrogens with zero attached hydrogens (tertiary/aromatic N) is 2. The summed E-state index contributed by atoms with van der Waals surface area (Å²) < 4.78 is 0. The van der Waals surface area contributed by atoms with Crippen molar-refractivity contribution in [2.45, 2.75) is 39.8 Å². The van der Waals surface area contributed by atoms with Crippen molar-refractivity contribution in [3.63, 3.8) is 0 Å². The largest absolute Gasteiger partial charge is 0.370 e. The quantitative estimate of drug-likeness (QED) is 0.849. The summed E-state index contributed by atoms with van der Waals surface area (Å²) >= 11 is 0. The van der Waals surface area contributed by atoms with Gasteiger partial charge in [-0.1, -0.05) is 29.3 Å². The Balaban J connectivity index is 2.34. The molecule has 0 saturated carbocycles. The van der Waals surface area contributed by atoms with E-state index < -0.39 is 0 Å². The van der Waals surface area contributed by atoms with Gasteiger partial charge in [0.05, 0.1) is 12.6 Å². The van der Waals surface area contributed by atoms with Crippen LogP contribution in [0.25, 0.3) is 0 Å². The standard InChI is InChI=1S/C14H21N3/c1-9(2)17-13(8-16-14(17)15)12-6-10(3)5-11(4)7-12/h5-7,9,13H,8H2,1-4H3,(H2,15,16). The number of guanidine groups is 1. The van der Waals surface area contributed by atoms with E-state index in [0.717, 1.165) is 6.54 Å². The Bertz CT molecular complexity index is 429. The lowest BCUT2D eigenvalue weighted by Crippen LogP contribution is -2.41. The van der Waals surface area contributed by atoms with Crippen LogP contribution in [0.15, 0.2) is 23.2 Å². The molecule has 0 bridgehead atoms. The number of benzene rings is 1. The van der Waals surface area contributed by atoms with Crippen molar-refractivity contribution in [2.75, 3.05) is 6.54 Å². The Morgan fingerprint density at radius 1 is 1.24 bits per heavy atom. The van der Waals surface area contributed by atoms with E-state index in [1.54, 1.807) is 0 Å². The van der Waals surface area contributed by atoms with Gasteiger partial charge < -0.3 is 10.6 Å². The number of aryl methyl sites for hydroxylation is 2. The Kier molecular flexibility index (Phi) is 3.09. The number of nitrogens with two attached hydrogens (primary N) is 1. The SMILES string of the molecule is Cc1cc(C)cc(C2CN=C(N)N2C(C)C)c1. The van der Waals surface area contributed by atoms with Gasteiger partial charge in [-0.15, -0.1) is 0 Å². The second-order valence-electron chi connectivity index (χ2n) is 5.14. The lowest BCUT2D eigenvalue weighted by molar-refractivity contribution is 0.290. The van der Waals surface area contributed by atoms with E-state index in [1.807, 2.05) is 0 Å². The van der Waals surface area contributed by atoms with Crippen LogP contribution in [0.4, 0.5) is 0 Å². The highest BCUT2D eigenvalue weighted by Gasteiger charge is 2.29. The molecule has 1 aliphatic rings. The van der Waals surface area contributed by atoms with Crippen LogP contribution in [0, 0.1) is 13.8 Å². The summed E-state index contributed by atoms with van der Waals surface area (Å²) in [5.41, 5.74) is 9.88. The highest BCUT2D eigenvalue weighted by molar-refractivity contribution is 5.80. The molecule has 0 fully saturated rings. The minimum atomic E-state index is 0.300. The molecule has 3 heteroatoms. The molecule has 2 N–H and O–H groups in total. The smallest absolute Gasteiger partial charge is 0.192 e. The zero-order valence-corrected chi connectivity index (χ0v) is 11.1. The minimum Gasteiger partial charge on any atom is -0.370 e. The Labute approximate surface area is 103 Å². The average molecular weight is 231 g/mol. The highest BCUT2D eigenvalue weighted by atomic mass is 15.3. The summed E-state index contributed by atoms with van der Waals surface area (Å²) in [6, 6.07) is 7.35. The average Bonchev–Trinajstić information content (AvgIpc) is 2.58. The van der Waals surface area contributed by atoms with Crippen LogP contribution in [0.3, 0.4) is 0 Å². The van der Waals surface area contributed by atoms with Crippen LogP contribution >= 0.6 is 0 Å². The first-order chi connectivity index (χ1) is 7.99. The van der Waals surface area contributed by atoms with Crippen LogP contribution in [-0.4, -0.2) is 23.4 Å². The predicted molar refractivity (Wildman–Crippen MR) is 72.1 cm³/mol. The summed E-state index contributed by atoms with van der Waals surface area (Å²) in [4.78, 5) is 6.58. The van der Waals surface area contributed by atoms with Crippen molar-refractivity contribution in [3.05, 3.63) is 34.9 Å². The molecule has 92 valence electrons. The predicted octanol–water partition coefficient (Wildman–Crippen LogP) is 2.38. The van der Waals surface area contributed by atoms with Gasteiger partial charge in [-0.2, -0.15) is 0 Å². The van der Waals surface area contributed by atoms with Crippen molar-refractivity contribution in [1.29, 1.82) is 0 Å². The van der Waals surface area contributed by atoms with Crippen LogP contribution in [-0.2, 0) is 0 Å². The van der Waals surface area contributed by atoms with Crippen molar-refractivity contribution in [2.24, 2.45) is 10.7 Å². The molecule has 0 aromatic heterocycles. The lowest BCUT2D eigenvalue weighted by atomic mass is 10.00. The summed E-state index contributed by atoms with van der Waals surface area (Å²) in [6.45, 7) is 9.35. The van der Waals surface area contributed by atoms with Gasteiger partial charge in [0.25, 0.3) is 0 Å². The van der Waals surface area contributed by atoms with Gasteiger partial charge in [0.1, 0.15) is 0 Å². The van der Waals surface area contributed by atoms with E-state index >= 15 is 0 Å². The molecular weight excluding hydrogens is 210 g/mol. The van der Waals surface area contributed by atoms with Crippen LogP contribution in [0.2, 0.25) is 0 Å². The molecule has 0 radical (unpaired) electrons. The first-order valence-corrected chi connectivity index (χ1v) is 6.15. The maximum absolute atomic E-state index is 5.96. The summed E-state index contributed by atoms with van der Waals surface area (Å²) in [5.74, 6) is 0.671. The van der Waals surface area contributed by atoms with Gasteiger partial charge in [-0.05, 0) is 33.3 Å². The van der Waals surface area contributed by atoms with Gasteiger partial charge in [0, 0.05) is 6.04 Å². The van der Waals surface area contributed by atoms with Crippen LogP contribution in [0.5, 0.6) is 0 Å². The van der Waals surface area contributed by atoms with Crippen molar-refractivity contribution in [3.8, 4) is 0 Å². The molecule has 0 saturated heterocycles. The van der Waals surface area contributed by atoms with Crippen molar-refractivity contribution < 1.29 is 0 Å². The third-order valence-electron chi connectivity index (χ3n) is 3.21. The van der Waals surface area contributed by atoms with Gasteiger partial charge in [-0.3, -0.25) is 4.99 Å². The monoisotopic (exact) mass is 231 g/mol. The fourth-order valence-electron chi connectivity index (χ4n) is 2.60. The van der Waals surface area contributed by atoms with Gasteiger partial charge >= 0.3 is 0 Å². The molecule has 2 rings (SSSR count). The number of hydrogen-bond acceptors (Lipinski definition) is 3. The van der Waals surface area contributed by atoms with E-state index in [1.165, 1.54) is 16.7 Å². The molecule has 0 spiro atoms. The summed E-state index contributed by atoms with van der Waals surface area (Å²) in [7, 11) is 0. The summed E-state index contributed by atoms with van der Waals surface area (Å²) in [5, 5.41) is 0. The minimum absolute atomic E-state index is 0.300. The second-order valence-corrected chi connectivity index (χ2v) is 5.14. The zero-order chi connectivity index (χ0) is 12.6. The number of rotatable bonds is 2.